The van der Waals surface area contributed by atoms with E-state index in [1.807, 2.05) is 26.8 Å². The Kier molecular flexibility index (Phi) is 9.91. The molecule has 0 saturated carbocycles. The summed E-state index contributed by atoms with van der Waals surface area (Å²) < 4.78 is 5.36. The summed E-state index contributed by atoms with van der Waals surface area (Å²) >= 11 is 0. The molecule has 1 aliphatic heterocycles. The Balaban J connectivity index is 1.80. The van der Waals surface area contributed by atoms with Crippen LogP contribution < -0.4 is 26.0 Å². The monoisotopic (exact) mass is 542 g/mol. The molecule has 5 N–H and O–H groups in total. The number of hydrogen-bond donors (Lipinski definition) is 5. The van der Waals surface area contributed by atoms with Gasteiger partial charge in [0.15, 0.2) is 0 Å². The number of carbonyl (C=O) groups excluding carboxylic acids is 5. The van der Waals surface area contributed by atoms with Crippen LogP contribution in [0.15, 0.2) is 24.3 Å². The lowest BCUT2D eigenvalue weighted by atomic mass is 9.97. The molecule has 12 heteroatoms. The highest BCUT2D eigenvalue weighted by Crippen LogP contribution is 2.26. The number of nitrogens with one attached hydrogen (secondary N) is 5. The Bertz CT molecular complexity index is 1220. The lowest BCUT2D eigenvalue weighted by Gasteiger charge is -2.27. The van der Waals surface area contributed by atoms with Gasteiger partial charge in [-0.15, -0.1) is 0 Å². The molecule has 3 atom stereocenters. The van der Waals surface area contributed by atoms with E-state index in [2.05, 4.69) is 26.3 Å². The third kappa shape index (κ3) is 7.27. The average Bonchev–Trinajstić information content (AvgIpc) is 3.54. The molecule has 5 amide bonds. The fourth-order valence-electron chi connectivity index (χ4n) is 4.25. The minimum Gasteiger partial charge on any atom is -0.496 e. The molecular formula is C27H38N6O6. The summed E-state index contributed by atoms with van der Waals surface area (Å²) in [7, 11) is 1.54. The first-order chi connectivity index (χ1) is 18.5. The summed E-state index contributed by atoms with van der Waals surface area (Å²) in [5.74, 6) is -2.42. The van der Waals surface area contributed by atoms with Gasteiger partial charge in [-0.2, -0.15) is 0 Å². The van der Waals surface area contributed by atoms with Crippen molar-refractivity contribution in [2.75, 3.05) is 33.3 Å². The molecule has 1 aliphatic rings. The Morgan fingerprint density at radius 1 is 1.13 bits per heavy atom. The minimum absolute atomic E-state index is 0.119. The first kappa shape index (κ1) is 29.5. The molecule has 1 aromatic heterocycles. The van der Waals surface area contributed by atoms with E-state index < -0.39 is 35.6 Å². The highest BCUT2D eigenvalue weighted by Gasteiger charge is 2.35. The minimum atomic E-state index is -1.28. The van der Waals surface area contributed by atoms with Crippen LogP contribution in [0.2, 0.25) is 0 Å². The number of aromatic amines is 1. The molecule has 39 heavy (non-hydrogen) atoms. The molecule has 12 nitrogen and oxygen atoms in total. The van der Waals surface area contributed by atoms with Crippen LogP contribution in [0.25, 0.3) is 10.9 Å². The number of Topliss-reactive ketones (excluding diaryl/α,β-unsaturated/α-hetero) is 1. The second kappa shape index (κ2) is 13.1. The maximum atomic E-state index is 13.5. The SMILES string of the molecule is CC[C@@H](C)C(NC(=O)c1cc2c(OC)cccc2[nH]1)C(=O)N[C@@H](CN1CCNC1=O)C(=O)C(=O)NCC(C)C. The third-order valence-electron chi connectivity index (χ3n) is 6.75. The lowest BCUT2D eigenvalue weighted by Crippen LogP contribution is -2.58. The fourth-order valence-corrected chi connectivity index (χ4v) is 4.25. The van der Waals surface area contributed by atoms with Crippen LogP contribution in [0.3, 0.4) is 0 Å². The number of nitrogens with zero attached hydrogens (tertiary/aromatic N) is 1. The van der Waals surface area contributed by atoms with Gasteiger partial charge in [-0.05, 0) is 30.0 Å². The zero-order chi connectivity index (χ0) is 28.7. The van der Waals surface area contributed by atoms with Crippen LogP contribution >= 0.6 is 0 Å². The van der Waals surface area contributed by atoms with Crippen molar-refractivity contribution in [2.45, 2.75) is 46.2 Å². The molecule has 1 aromatic carbocycles. The Hall–Kier alpha value is -4.09. The Morgan fingerprint density at radius 2 is 1.87 bits per heavy atom. The van der Waals surface area contributed by atoms with Gasteiger partial charge in [0.2, 0.25) is 11.7 Å². The van der Waals surface area contributed by atoms with Gasteiger partial charge in [0.05, 0.1) is 13.7 Å². The van der Waals surface area contributed by atoms with Gasteiger partial charge in [-0.3, -0.25) is 19.2 Å². The molecule has 3 rings (SSSR count). The van der Waals surface area contributed by atoms with Gasteiger partial charge >= 0.3 is 6.03 Å². The van der Waals surface area contributed by atoms with Crippen molar-refractivity contribution in [2.24, 2.45) is 11.8 Å². The molecule has 2 heterocycles. The van der Waals surface area contributed by atoms with Crippen LogP contribution in [0.5, 0.6) is 5.75 Å². The van der Waals surface area contributed by atoms with Gasteiger partial charge in [0.1, 0.15) is 23.5 Å². The van der Waals surface area contributed by atoms with Crippen LogP contribution in [-0.4, -0.2) is 84.8 Å². The Morgan fingerprint density at radius 3 is 2.49 bits per heavy atom. The van der Waals surface area contributed by atoms with Crippen molar-refractivity contribution in [3.63, 3.8) is 0 Å². The quantitative estimate of drug-likeness (QED) is 0.239. The number of fused-ring (bicyclic) bond motifs is 1. The molecule has 1 fully saturated rings. The summed E-state index contributed by atoms with van der Waals surface area (Å²) in [5.41, 5.74) is 0.941. The molecule has 1 saturated heterocycles. The predicted octanol–water partition coefficient (Wildman–Crippen LogP) is 1.17. The van der Waals surface area contributed by atoms with E-state index in [4.69, 9.17) is 4.74 Å². The standard InChI is InChI=1S/C27H38N6O6/c1-6-16(4)22(32-24(35)19-12-17-18(30-19)8-7-9-21(17)39-5)25(36)31-20(14-33-11-10-28-27(33)38)23(34)26(37)29-13-15(2)3/h7-9,12,15-16,20,22,30H,6,10-11,13-14H2,1-5H3,(H,28,38)(H,29,37)(H,31,36)(H,32,35)/t16-,20+,22?/m1/s1. The predicted molar refractivity (Wildman–Crippen MR) is 145 cm³/mol. The molecule has 1 unspecified atom stereocenters. The van der Waals surface area contributed by atoms with Gasteiger partial charge in [-0.25, -0.2) is 4.79 Å². The van der Waals surface area contributed by atoms with Crippen molar-refractivity contribution in [3.05, 3.63) is 30.0 Å². The number of amides is 5. The second-order valence-electron chi connectivity index (χ2n) is 10.1. The first-order valence-corrected chi connectivity index (χ1v) is 13.2. The van der Waals surface area contributed by atoms with E-state index in [0.29, 0.717) is 30.8 Å². The number of methoxy groups -OCH3 is 1. The number of hydrogen-bond acceptors (Lipinski definition) is 6. The van der Waals surface area contributed by atoms with Gasteiger partial charge in [0, 0.05) is 30.5 Å². The zero-order valence-electron chi connectivity index (χ0n) is 23.1. The third-order valence-corrected chi connectivity index (χ3v) is 6.75. The van der Waals surface area contributed by atoms with Gasteiger partial charge in [0.25, 0.3) is 11.8 Å². The number of aromatic nitrogens is 1. The number of ketones is 1. The van der Waals surface area contributed by atoms with Gasteiger partial charge < -0.3 is 35.9 Å². The average molecular weight is 543 g/mol. The van der Waals surface area contributed by atoms with E-state index in [1.54, 1.807) is 25.1 Å². The van der Waals surface area contributed by atoms with E-state index in [1.165, 1.54) is 12.0 Å². The van der Waals surface area contributed by atoms with Crippen molar-refractivity contribution >= 4 is 40.4 Å². The van der Waals surface area contributed by atoms with Crippen molar-refractivity contribution < 1.29 is 28.7 Å². The van der Waals surface area contributed by atoms with Crippen LogP contribution in [-0.2, 0) is 14.4 Å². The fraction of sp³-hybridized carbons (Fsp3) is 0.519. The van der Waals surface area contributed by atoms with Crippen molar-refractivity contribution in [1.29, 1.82) is 0 Å². The lowest BCUT2D eigenvalue weighted by molar-refractivity contribution is -0.140. The van der Waals surface area contributed by atoms with E-state index in [-0.39, 0.29) is 36.7 Å². The molecule has 0 spiro atoms. The van der Waals surface area contributed by atoms with E-state index in [9.17, 15) is 24.0 Å². The number of H-pyrrole nitrogens is 1. The van der Waals surface area contributed by atoms with Crippen LogP contribution in [0, 0.1) is 11.8 Å². The normalized spacial score (nSPS) is 15.4. The number of urea groups is 1. The molecule has 2 aromatic rings. The molecular weight excluding hydrogens is 504 g/mol. The van der Waals surface area contributed by atoms with Gasteiger partial charge in [-0.1, -0.05) is 40.2 Å². The number of benzene rings is 1. The smallest absolute Gasteiger partial charge is 0.317 e. The van der Waals surface area contributed by atoms with Crippen molar-refractivity contribution in [3.8, 4) is 5.75 Å². The number of carbonyl (C=O) groups is 5. The number of rotatable bonds is 13. The molecule has 0 bridgehead atoms. The molecule has 0 radical (unpaired) electrons. The van der Waals surface area contributed by atoms with Crippen LogP contribution in [0.4, 0.5) is 4.79 Å². The summed E-state index contributed by atoms with van der Waals surface area (Å²) in [4.78, 5) is 68.8. The first-order valence-electron chi connectivity index (χ1n) is 13.2. The zero-order valence-corrected chi connectivity index (χ0v) is 23.1. The van der Waals surface area contributed by atoms with Crippen molar-refractivity contribution in [1.82, 2.24) is 31.2 Å². The Labute approximate surface area is 227 Å². The highest BCUT2D eigenvalue weighted by molar-refractivity contribution is 6.38. The summed E-state index contributed by atoms with van der Waals surface area (Å²) in [5, 5.41) is 11.3. The maximum Gasteiger partial charge on any atom is 0.317 e. The van der Waals surface area contributed by atoms with E-state index >= 15 is 0 Å². The number of ether oxygens (including phenoxy) is 1. The summed E-state index contributed by atoms with van der Waals surface area (Å²) in [6.07, 6.45) is 0.556. The summed E-state index contributed by atoms with van der Waals surface area (Å²) in [6, 6.07) is 4.36. The maximum absolute atomic E-state index is 13.5. The van der Waals surface area contributed by atoms with E-state index in [0.717, 1.165) is 5.39 Å². The second-order valence-corrected chi connectivity index (χ2v) is 10.1. The molecule has 212 valence electrons. The largest absolute Gasteiger partial charge is 0.496 e. The highest BCUT2D eigenvalue weighted by atomic mass is 16.5. The molecule has 0 aliphatic carbocycles. The topological polar surface area (TPSA) is 162 Å². The summed E-state index contributed by atoms with van der Waals surface area (Å²) in [6.45, 7) is 8.31. The van der Waals surface area contributed by atoms with Crippen LogP contribution in [0.1, 0.15) is 44.6 Å².